The molecule has 2 aromatic rings. The summed E-state index contributed by atoms with van der Waals surface area (Å²) in [6.07, 6.45) is 1.50. The van der Waals surface area contributed by atoms with Crippen molar-refractivity contribution in [1.29, 1.82) is 0 Å². The van der Waals surface area contributed by atoms with E-state index in [0.29, 0.717) is 22.9 Å². The highest BCUT2D eigenvalue weighted by molar-refractivity contribution is 9.10. The lowest BCUT2D eigenvalue weighted by atomic mass is 9.82. The molecule has 1 atom stereocenters. The maximum atomic E-state index is 13.8. The van der Waals surface area contributed by atoms with Crippen LogP contribution >= 0.6 is 15.9 Å². The van der Waals surface area contributed by atoms with Gasteiger partial charge in [-0.2, -0.15) is 0 Å². The van der Waals surface area contributed by atoms with Crippen LogP contribution in [0.3, 0.4) is 0 Å². The van der Waals surface area contributed by atoms with Gasteiger partial charge < -0.3 is 19.9 Å². The summed E-state index contributed by atoms with van der Waals surface area (Å²) in [6.45, 7) is 3.03. The zero-order chi connectivity index (χ0) is 18.5. The molecule has 0 amide bonds. The number of pyridine rings is 1. The molecule has 0 fully saturated rings. The molecule has 2 aliphatic heterocycles. The van der Waals surface area contributed by atoms with Crippen molar-refractivity contribution in [2.24, 2.45) is 10.7 Å². The normalized spacial score (nSPS) is 20.7. The van der Waals surface area contributed by atoms with Crippen molar-refractivity contribution in [3.63, 3.8) is 0 Å². The highest BCUT2D eigenvalue weighted by Gasteiger charge is 2.48. The van der Waals surface area contributed by atoms with Gasteiger partial charge in [0.1, 0.15) is 30.4 Å². The summed E-state index contributed by atoms with van der Waals surface area (Å²) in [5.41, 5.74) is 4.96. The van der Waals surface area contributed by atoms with Crippen LogP contribution < -0.4 is 15.2 Å². The fourth-order valence-corrected chi connectivity index (χ4v) is 3.38. The van der Waals surface area contributed by atoms with Gasteiger partial charge in [0.2, 0.25) is 5.88 Å². The first-order valence-electron chi connectivity index (χ1n) is 8.05. The van der Waals surface area contributed by atoms with Crippen LogP contribution in [0, 0.1) is 0 Å². The van der Waals surface area contributed by atoms with E-state index in [-0.39, 0.29) is 19.2 Å². The number of benzene rings is 1. The zero-order valence-corrected chi connectivity index (χ0v) is 15.8. The molecule has 6 nitrogen and oxygen atoms in total. The number of halogens is 2. The largest absolute Gasteiger partial charge is 0.489 e. The van der Waals surface area contributed by atoms with Crippen molar-refractivity contribution in [1.82, 2.24) is 4.98 Å². The Bertz CT molecular complexity index is 913. The molecule has 2 N–H and O–H groups in total. The third-order valence-electron chi connectivity index (χ3n) is 4.18. The topological polar surface area (TPSA) is 79.0 Å². The van der Waals surface area contributed by atoms with Crippen molar-refractivity contribution in [3.8, 4) is 17.4 Å². The summed E-state index contributed by atoms with van der Waals surface area (Å²) in [5.74, 6) is 1.46. The summed E-state index contributed by atoms with van der Waals surface area (Å²) >= 11 is 3.48. The van der Waals surface area contributed by atoms with E-state index in [1.807, 2.05) is 18.2 Å². The zero-order valence-electron chi connectivity index (χ0n) is 14.3. The van der Waals surface area contributed by atoms with Crippen molar-refractivity contribution < 1.29 is 18.6 Å². The molecule has 0 saturated carbocycles. The van der Waals surface area contributed by atoms with Crippen molar-refractivity contribution in [2.45, 2.75) is 25.1 Å². The first-order chi connectivity index (χ1) is 12.3. The molecule has 4 rings (SSSR count). The third kappa shape index (κ3) is 2.88. The first kappa shape index (κ1) is 17.1. The van der Waals surface area contributed by atoms with Gasteiger partial charge in [0.15, 0.2) is 5.54 Å². The number of nitrogens with two attached hydrogens (primary N) is 1. The molecule has 8 heteroatoms. The van der Waals surface area contributed by atoms with E-state index in [0.717, 1.165) is 10.0 Å². The molecule has 3 heterocycles. The number of rotatable bonds is 3. The molecule has 0 radical (unpaired) electrons. The lowest BCUT2D eigenvalue weighted by Gasteiger charge is -2.32. The second-order valence-corrected chi connectivity index (χ2v) is 7.79. The number of fused-ring (bicyclic) bond motifs is 4. The summed E-state index contributed by atoms with van der Waals surface area (Å²) in [4.78, 5) is 8.89. The first-order valence-corrected chi connectivity index (χ1v) is 8.84. The highest BCUT2D eigenvalue weighted by atomic mass is 79.9. The van der Waals surface area contributed by atoms with E-state index >= 15 is 0 Å². The predicted octanol–water partition coefficient (Wildman–Crippen LogP) is 3.67. The van der Waals surface area contributed by atoms with Crippen LogP contribution in [0.1, 0.15) is 25.0 Å². The summed E-state index contributed by atoms with van der Waals surface area (Å²) in [6, 6.07) is 7.48. The van der Waals surface area contributed by atoms with Gasteiger partial charge in [-0.15, -0.1) is 0 Å². The number of alkyl halides is 1. The Kier molecular flexibility index (Phi) is 3.83. The minimum Gasteiger partial charge on any atom is -0.489 e. The van der Waals surface area contributed by atoms with E-state index in [2.05, 4.69) is 25.9 Å². The number of hydrogen-bond donors (Lipinski definition) is 1. The molecule has 0 bridgehead atoms. The highest BCUT2D eigenvalue weighted by Crippen LogP contribution is 2.51. The number of amidine groups is 1. The van der Waals surface area contributed by atoms with Crippen molar-refractivity contribution in [2.75, 3.05) is 13.2 Å². The Balaban J connectivity index is 1.83. The molecule has 1 spiro atoms. The molecule has 136 valence electrons. The minimum atomic E-state index is -1.46. The van der Waals surface area contributed by atoms with Gasteiger partial charge in [0.25, 0.3) is 6.02 Å². The molecule has 0 aliphatic carbocycles. The number of ether oxygens (including phenoxy) is 3. The second kappa shape index (κ2) is 5.84. The number of aromatic nitrogens is 1. The molecule has 26 heavy (non-hydrogen) atoms. The van der Waals surface area contributed by atoms with E-state index in [1.54, 1.807) is 6.07 Å². The number of aliphatic imine (C=N–C) groups is 1. The predicted molar refractivity (Wildman–Crippen MR) is 97.5 cm³/mol. The number of nitrogens with zero attached hydrogens (tertiary/aromatic N) is 2. The Morgan fingerprint density at radius 3 is 2.85 bits per heavy atom. The van der Waals surface area contributed by atoms with Crippen molar-refractivity contribution in [3.05, 3.63) is 46.1 Å². The summed E-state index contributed by atoms with van der Waals surface area (Å²) in [5, 5.41) is 0. The number of hydrogen-bond acceptors (Lipinski definition) is 6. The van der Waals surface area contributed by atoms with E-state index in [4.69, 9.17) is 19.9 Å². The van der Waals surface area contributed by atoms with Gasteiger partial charge in [0.05, 0.1) is 11.8 Å². The third-order valence-corrected chi connectivity index (χ3v) is 4.67. The maximum absolute atomic E-state index is 13.8. The van der Waals surface area contributed by atoms with Crippen LogP contribution in [-0.2, 0) is 10.3 Å². The van der Waals surface area contributed by atoms with Gasteiger partial charge in [-0.3, -0.25) is 0 Å². The van der Waals surface area contributed by atoms with Crippen LogP contribution in [-0.4, -0.2) is 29.9 Å². The van der Waals surface area contributed by atoms with Crippen LogP contribution in [0.4, 0.5) is 4.39 Å². The van der Waals surface area contributed by atoms with E-state index < -0.39 is 11.2 Å². The fraction of sp³-hybridized carbons (Fsp3) is 0.333. The standard InChI is InChI=1S/C18H17BrFN3O3/c1-17(2,20)8-24-11-6-13-15(22-7-11)26-14-4-3-10(19)5-12(14)18(13)9-25-16(21)23-18/h3-7H,8-9H2,1-2H3,(H2,21,23). The molecular weight excluding hydrogens is 405 g/mol. The average molecular weight is 422 g/mol. The van der Waals surface area contributed by atoms with Gasteiger partial charge in [0, 0.05) is 10.0 Å². The van der Waals surface area contributed by atoms with E-state index in [1.165, 1.54) is 20.0 Å². The Morgan fingerprint density at radius 2 is 2.15 bits per heavy atom. The molecule has 1 aromatic heterocycles. The SMILES string of the molecule is CC(C)(F)COc1cnc2c(c1)C1(COC(N)=N1)c1cc(Br)ccc1O2. The van der Waals surface area contributed by atoms with Crippen LogP contribution in [0.15, 0.2) is 39.9 Å². The van der Waals surface area contributed by atoms with Gasteiger partial charge in [-0.1, -0.05) is 15.9 Å². The quantitative estimate of drug-likeness (QED) is 0.817. The summed E-state index contributed by atoms with van der Waals surface area (Å²) < 4.78 is 31.6. The van der Waals surface area contributed by atoms with E-state index in [9.17, 15) is 4.39 Å². The molecule has 1 unspecified atom stereocenters. The Morgan fingerprint density at radius 1 is 1.35 bits per heavy atom. The fourth-order valence-electron chi connectivity index (χ4n) is 3.02. The lowest BCUT2D eigenvalue weighted by molar-refractivity contribution is 0.120. The van der Waals surface area contributed by atoms with Crippen LogP contribution in [0.2, 0.25) is 0 Å². The van der Waals surface area contributed by atoms with Crippen molar-refractivity contribution >= 4 is 22.0 Å². The minimum absolute atomic E-state index is 0.0919. The molecule has 1 aromatic carbocycles. The molecular formula is C18H17BrFN3O3. The van der Waals surface area contributed by atoms with Gasteiger partial charge >= 0.3 is 0 Å². The Labute approximate surface area is 158 Å². The van der Waals surface area contributed by atoms with Gasteiger partial charge in [-0.05, 0) is 38.1 Å². The molecule has 0 saturated heterocycles. The smallest absolute Gasteiger partial charge is 0.283 e. The lowest BCUT2D eigenvalue weighted by Crippen LogP contribution is -2.31. The maximum Gasteiger partial charge on any atom is 0.283 e. The van der Waals surface area contributed by atoms with Gasteiger partial charge in [-0.25, -0.2) is 14.4 Å². The average Bonchev–Trinajstić information content (AvgIpc) is 2.96. The van der Waals surface area contributed by atoms with Crippen LogP contribution in [0.5, 0.6) is 17.4 Å². The van der Waals surface area contributed by atoms with Crippen LogP contribution in [0.25, 0.3) is 0 Å². The second-order valence-electron chi connectivity index (χ2n) is 6.87. The summed E-state index contributed by atoms with van der Waals surface area (Å²) in [7, 11) is 0. The monoisotopic (exact) mass is 421 g/mol. The molecule has 2 aliphatic rings. The Hall–Kier alpha value is -2.35.